The first-order valence-corrected chi connectivity index (χ1v) is 5.07. The Morgan fingerprint density at radius 3 is 2.67 bits per heavy atom. The molecule has 3 heteroatoms. The summed E-state index contributed by atoms with van der Waals surface area (Å²) >= 11 is 0. The molecular weight excluding hydrogens is 188 g/mol. The summed E-state index contributed by atoms with van der Waals surface area (Å²) in [7, 11) is 1.99. The molecule has 0 spiro atoms. The van der Waals surface area contributed by atoms with Crippen LogP contribution in [0.15, 0.2) is 24.3 Å². The molecule has 3 N–H and O–H groups in total. The molecule has 0 aliphatic rings. The molecular formula is C12H16N2O. The Kier molecular flexibility index (Phi) is 2.50. The smallest absolute Gasteiger partial charge is 0.0687 e. The van der Waals surface area contributed by atoms with Gasteiger partial charge in [0.15, 0.2) is 0 Å². The highest BCUT2D eigenvalue weighted by molar-refractivity contribution is 5.85. The van der Waals surface area contributed by atoms with Gasteiger partial charge in [0.05, 0.1) is 12.6 Å². The number of aryl methyl sites for hydroxylation is 2. The van der Waals surface area contributed by atoms with Crippen LogP contribution >= 0.6 is 0 Å². The summed E-state index contributed by atoms with van der Waals surface area (Å²) < 4.78 is 2.06. The maximum atomic E-state index is 9.12. The van der Waals surface area contributed by atoms with E-state index in [4.69, 9.17) is 10.8 Å². The van der Waals surface area contributed by atoms with E-state index in [-0.39, 0.29) is 12.6 Å². The highest BCUT2D eigenvalue weighted by atomic mass is 16.3. The first-order valence-electron chi connectivity index (χ1n) is 5.07. The molecule has 1 aromatic heterocycles. The lowest BCUT2D eigenvalue weighted by atomic mass is 10.1. The fraction of sp³-hybridized carbons (Fsp3) is 0.333. The summed E-state index contributed by atoms with van der Waals surface area (Å²) in [6, 6.07) is 7.87. The van der Waals surface area contributed by atoms with Crippen LogP contribution in [0.5, 0.6) is 0 Å². The van der Waals surface area contributed by atoms with E-state index in [9.17, 15) is 0 Å². The monoisotopic (exact) mass is 204 g/mol. The lowest BCUT2D eigenvalue weighted by Gasteiger charge is -2.11. The standard InChI is InChI=1S/C12H16N2O/c1-8-9-5-3-4-6-11(9)14(2)12(8)10(13)7-15/h3-6,10,15H,7,13H2,1-2H3. The van der Waals surface area contributed by atoms with Gasteiger partial charge < -0.3 is 15.4 Å². The minimum Gasteiger partial charge on any atom is -0.394 e. The average molecular weight is 204 g/mol. The molecule has 0 saturated carbocycles. The van der Waals surface area contributed by atoms with Gasteiger partial charge in [-0.3, -0.25) is 0 Å². The summed E-state index contributed by atoms with van der Waals surface area (Å²) in [5, 5.41) is 10.3. The molecule has 15 heavy (non-hydrogen) atoms. The number of nitrogens with zero attached hydrogens (tertiary/aromatic N) is 1. The van der Waals surface area contributed by atoms with Crippen molar-refractivity contribution < 1.29 is 5.11 Å². The Morgan fingerprint density at radius 2 is 2.07 bits per heavy atom. The maximum Gasteiger partial charge on any atom is 0.0687 e. The van der Waals surface area contributed by atoms with Crippen LogP contribution in [-0.2, 0) is 7.05 Å². The zero-order chi connectivity index (χ0) is 11.0. The van der Waals surface area contributed by atoms with E-state index in [2.05, 4.69) is 16.7 Å². The van der Waals surface area contributed by atoms with Crippen molar-refractivity contribution in [2.24, 2.45) is 12.8 Å². The molecule has 1 atom stereocenters. The van der Waals surface area contributed by atoms with Crippen molar-refractivity contribution in [3.63, 3.8) is 0 Å². The van der Waals surface area contributed by atoms with Crippen molar-refractivity contribution in [3.05, 3.63) is 35.5 Å². The second-order valence-corrected chi connectivity index (χ2v) is 3.88. The van der Waals surface area contributed by atoms with Crippen LogP contribution in [0.1, 0.15) is 17.3 Å². The predicted octanol–water partition coefficient (Wildman–Crippen LogP) is 1.48. The molecule has 3 nitrogen and oxygen atoms in total. The van der Waals surface area contributed by atoms with Gasteiger partial charge in [-0.05, 0) is 18.6 Å². The highest BCUT2D eigenvalue weighted by Gasteiger charge is 2.16. The van der Waals surface area contributed by atoms with E-state index in [1.54, 1.807) is 0 Å². The van der Waals surface area contributed by atoms with Gasteiger partial charge in [-0.2, -0.15) is 0 Å². The number of benzene rings is 1. The van der Waals surface area contributed by atoms with Crippen LogP contribution in [0.2, 0.25) is 0 Å². The normalized spacial score (nSPS) is 13.3. The zero-order valence-corrected chi connectivity index (χ0v) is 9.07. The number of aliphatic hydroxyl groups excluding tert-OH is 1. The highest BCUT2D eigenvalue weighted by Crippen LogP contribution is 2.27. The maximum absolute atomic E-state index is 9.12. The van der Waals surface area contributed by atoms with Crippen molar-refractivity contribution >= 4 is 10.9 Å². The topological polar surface area (TPSA) is 51.2 Å². The molecule has 0 radical (unpaired) electrons. The van der Waals surface area contributed by atoms with Gasteiger partial charge >= 0.3 is 0 Å². The number of rotatable bonds is 2. The van der Waals surface area contributed by atoms with Crippen molar-refractivity contribution in [3.8, 4) is 0 Å². The number of hydrogen-bond donors (Lipinski definition) is 2. The Labute approximate surface area is 89.1 Å². The van der Waals surface area contributed by atoms with Gasteiger partial charge in [-0.25, -0.2) is 0 Å². The Balaban J connectivity index is 2.75. The minimum absolute atomic E-state index is 0.0228. The molecule has 80 valence electrons. The molecule has 0 amide bonds. The second kappa shape index (κ2) is 3.68. The Morgan fingerprint density at radius 1 is 1.40 bits per heavy atom. The van der Waals surface area contributed by atoms with Crippen LogP contribution in [0.3, 0.4) is 0 Å². The number of nitrogens with two attached hydrogens (primary N) is 1. The summed E-state index contributed by atoms with van der Waals surface area (Å²) in [6.07, 6.45) is 0. The Bertz CT molecular complexity index is 449. The molecule has 0 saturated heterocycles. The van der Waals surface area contributed by atoms with Crippen molar-refractivity contribution in [1.82, 2.24) is 4.57 Å². The third-order valence-corrected chi connectivity index (χ3v) is 2.96. The lowest BCUT2D eigenvalue weighted by molar-refractivity contribution is 0.264. The summed E-state index contributed by atoms with van der Waals surface area (Å²) in [5.74, 6) is 0. The van der Waals surface area contributed by atoms with Crippen LogP contribution in [0.25, 0.3) is 10.9 Å². The number of aliphatic hydroxyl groups is 1. The van der Waals surface area contributed by atoms with Crippen molar-refractivity contribution in [2.75, 3.05) is 6.61 Å². The van der Waals surface area contributed by atoms with Crippen molar-refractivity contribution in [1.29, 1.82) is 0 Å². The third-order valence-electron chi connectivity index (χ3n) is 2.96. The van der Waals surface area contributed by atoms with Crippen molar-refractivity contribution in [2.45, 2.75) is 13.0 Å². The Hall–Kier alpha value is -1.32. The average Bonchev–Trinajstić information content (AvgIpc) is 2.52. The number of fused-ring (bicyclic) bond motifs is 1. The second-order valence-electron chi connectivity index (χ2n) is 3.88. The van der Waals surface area contributed by atoms with Crippen LogP contribution < -0.4 is 5.73 Å². The lowest BCUT2D eigenvalue weighted by Crippen LogP contribution is -2.18. The van der Waals surface area contributed by atoms with E-state index in [0.717, 1.165) is 16.8 Å². The minimum atomic E-state index is -0.303. The number of hydrogen-bond acceptors (Lipinski definition) is 2. The van der Waals surface area contributed by atoms with E-state index in [0.29, 0.717) is 0 Å². The van der Waals surface area contributed by atoms with E-state index >= 15 is 0 Å². The van der Waals surface area contributed by atoms with Crippen LogP contribution in [0.4, 0.5) is 0 Å². The van der Waals surface area contributed by atoms with Gasteiger partial charge in [-0.15, -0.1) is 0 Å². The van der Waals surface area contributed by atoms with Crippen LogP contribution in [-0.4, -0.2) is 16.3 Å². The van der Waals surface area contributed by atoms with E-state index in [1.165, 1.54) is 5.39 Å². The first kappa shape index (κ1) is 10.2. The van der Waals surface area contributed by atoms with E-state index in [1.807, 2.05) is 26.1 Å². The predicted molar refractivity (Wildman–Crippen MR) is 61.7 cm³/mol. The fourth-order valence-electron chi connectivity index (χ4n) is 2.22. The van der Waals surface area contributed by atoms with Crippen LogP contribution in [0, 0.1) is 6.92 Å². The molecule has 2 aromatic rings. The number of para-hydroxylation sites is 1. The molecule has 0 bridgehead atoms. The first-order chi connectivity index (χ1) is 7.16. The zero-order valence-electron chi connectivity index (χ0n) is 9.07. The molecule has 0 fully saturated rings. The van der Waals surface area contributed by atoms with Gasteiger partial charge in [0.1, 0.15) is 0 Å². The van der Waals surface area contributed by atoms with Gasteiger partial charge in [-0.1, -0.05) is 18.2 Å². The fourth-order valence-corrected chi connectivity index (χ4v) is 2.22. The SMILES string of the molecule is Cc1c(C(N)CO)n(C)c2ccccc12. The van der Waals surface area contributed by atoms with Gasteiger partial charge in [0.25, 0.3) is 0 Å². The molecule has 1 unspecified atom stereocenters. The summed E-state index contributed by atoms with van der Waals surface area (Å²) in [5.41, 5.74) is 9.22. The number of aromatic nitrogens is 1. The van der Waals surface area contributed by atoms with Gasteiger partial charge in [0, 0.05) is 23.6 Å². The summed E-state index contributed by atoms with van der Waals surface area (Å²) in [4.78, 5) is 0. The molecule has 2 rings (SSSR count). The molecule has 0 aliphatic heterocycles. The van der Waals surface area contributed by atoms with Gasteiger partial charge in [0.2, 0.25) is 0 Å². The molecule has 1 aromatic carbocycles. The molecule has 1 heterocycles. The largest absolute Gasteiger partial charge is 0.394 e. The molecule has 0 aliphatic carbocycles. The summed E-state index contributed by atoms with van der Waals surface area (Å²) in [6.45, 7) is 2.03. The quantitative estimate of drug-likeness (QED) is 0.778. The third kappa shape index (κ3) is 1.44. The van der Waals surface area contributed by atoms with E-state index < -0.39 is 0 Å².